The molecule has 0 amide bonds. The van der Waals surface area contributed by atoms with E-state index in [1.165, 1.54) is 13.2 Å². The van der Waals surface area contributed by atoms with Gasteiger partial charge in [0, 0.05) is 11.0 Å². The largest absolute Gasteiger partial charge is 0.466 e. The van der Waals surface area contributed by atoms with Crippen LogP contribution in [0.4, 0.5) is 0 Å². The minimum absolute atomic E-state index is 0.0364. The molecule has 1 aromatic carbocycles. The number of hydrogen-bond donors (Lipinski definition) is 0. The number of ether oxygens (including phenoxy) is 1. The first-order valence-electron chi connectivity index (χ1n) is 7.89. The van der Waals surface area contributed by atoms with Gasteiger partial charge >= 0.3 is 5.97 Å². The first kappa shape index (κ1) is 20.8. The monoisotopic (exact) mass is 368 g/mol. The van der Waals surface area contributed by atoms with Gasteiger partial charge in [-0.05, 0) is 37.2 Å². The van der Waals surface area contributed by atoms with Crippen molar-refractivity contribution in [2.24, 2.45) is 0 Å². The molecule has 0 fully saturated rings. The van der Waals surface area contributed by atoms with E-state index in [2.05, 4.69) is 33.9 Å². The van der Waals surface area contributed by atoms with E-state index < -0.39 is 25.1 Å². The summed E-state index contributed by atoms with van der Waals surface area (Å²) in [4.78, 5) is 12.7. The predicted molar refractivity (Wildman–Crippen MR) is 101 cm³/mol. The highest BCUT2D eigenvalue weighted by Gasteiger charge is 2.37. The molecule has 0 N–H and O–H groups in total. The molecule has 0 aliphatic heterocycles. The van der Waals surface area contributed by atoms with E-state index in [1.54, 1.807) is 0 Å². The van der Waals surface area contributed by atoms with Crippen LogP contribution in [0.5, 0.6) is 0 Å². The summed E-state index contributed by atoms with van der Waals surface area (Å²) in [5, 5.41) is 0.0364. The molecule has 1 rings (SSSR count). The number of methoxy groups -OCH3 is 1. The topological polar surface area (TPSA) is 52.6 Å². The second kappa shape index (κ2) is 8.23. The van der Waals surface area contributed by atoms with Crippen LogP contribution in [0.15, 0.2) is 40.1 Å². The van der Waals surface area contributed by atoms with Gasteiger partial charge in [-0.25, -0.2) is 9.00 Å². The van der Waals surface area contributed by atoms with Crippen molar-refractivity contribution in [1.82, 2.24) is 0 Å². The molecule has 0 saturated carbocycles. The van der Waals surface area contributed by atoms with Gasteiger partial charge in [0.1, 0.15) is 0 Å². The summed E-state index contributed by atoms with van der Waals surface area (Å²) < 4.78 is 23.7. The number of esters is 1. The normalized spacial score (nSPS) is 14.4. The fourth-order valence-corrected chi connectivity index (χ4v) is 3.73. The molecule has 1 unspecified atom stereocenters. The Morgan fingerprint density at radius 3 is 2.21 bits per heavy atom. The fraction of sp³-hybridized carbons (Fsp3) is 0.500. The summed E-state index contributed by atoms with van der Waals surface area (Å²) >= 11 is 0. The van der Waals surface area contributed by atoms with Gasteiger partial charge < -0.3 is 9.16 Å². The first-order chi connectivity index (χ1) is 11.0. The minimum atomic E-state index is -2.01. The van der Waals surface area contributed by atoms with Crippen molar-refractivity contribution < 1.29 is 18.2 Å². The standard InChI is InChI=1S/C18H28O4SSi/c1-14-8-10-15(11-9-14)23(20)16(12-17(19)21-5)13-22-24(6,7)18(2,3)4/h8-12H,13H2,1-7H3/b16-12-. The summed E-state index contributed by atoms with van der Waals surface area (Å²) in [6.45, 7) is 12.8. The Labute approximate surface area is 148 Å². The third-order valence-electron chi connectivity index (χ3n) is 4.33. The van der Waals surface area contributed by atoms with E-state index in [0.717, 1.165) is 5.56 Å². The van der Waals surface area contributed by atoms with Crippen LogP contribution in [0.3, 0.4) is 0 Å². The lowest BCUT2D eigenvalue weighted by Crippen LogP contribution is -2.41. The molecule has 0 aromatic heterocycles. The summed E-state index contributed by atoms with van der Waals surface area (Å²) in [5.41, 5.74) is 1.09. The third-order valence-corrected chi connectivity index (χ3v) is 10.2. The molecule has 4 nitrogen and oxygen atoms in total. The van der Waals surface area contributed by atoms with Crippen molar-refractivity contribution in [3.05, 3.63) is 40.8 Å². The van der Waals surface area contributed by atoms with Gasteiger partial charge in [0.15, 0.2) is 8.32 Å². The van der Waals surface area contributed by atoms with E-state index in [-0.39, 0.29) is 11.6 Å². The van der Waals surface area contributed by atoms with E-state index in [9.17, 15) is 9.00 Å². The number of carbonyl (C=O) groups excluding carboxylic acids is 1. The molecule has 0 spiro atoms. The molecule has 0 aliphatic rings. The smallest absolute Gasteiger partial charge is 0.331 e. The predicted octanol–water partition coefficient (Wildman–Crippen LogP) is 4.18. The van der Waals surface area contributed by atoms with E-state index in [1.807, 2.05) is 31.2 Å². The van der Waals surface area contributed by atoms with Crippen LogP contribution in [0.2, 0.25) is 18.1 Å². The van der Waals surface area contributed by atoms with Crippen LogP contribution < -0.4 is 0 Å². The Kier molecular flexibility index (Phi) is 7.13. The van der Waals surface area contributed by atoms with Crippen molar-refractivity contribution >= 4 is 25.1 Å². The molecule has 1 aromatic rings. The average molecular weight is 369 g/mol. The van der Waals surface area contributed by atoms with Gasteiger partial charge in [0.2, 0.25) is 0 Å². The molecule has 134 valence electrons. The van der Waals surface area contributed by atoms with Crippen molar-refractivity contribution in [1.29, 1.82) is 0 Å². The van der Waals surface area contributed by atoms with Gasteiger partial charge in [0.05, 0.1) is 29.4 Å². The van der Waals surface area contributed by atoms with Crippen LogP contribution in [-0.2, 0) is 24.8 Å². The first-order valence-corrected chi connectivity index (χ1v) is 11.9. The minimum Gasteiger partial charge on any atom is -0.466 e. The van der Waals surface area contributed by atoms with Crippen LogP contribution >= 0.6 is 0 Å². The van der Waals surface area contributed by atoms with Crippen molar-refractivity contribution in [2.45, 2.75) is 50.7 Å². The number of aryl methyl sites for hydroxylation is 1. The maximum atomic E-state index is 12.8. The van der Waals surface area contributed by atoms with Gasteiger partial charge in [-0.15, -0.1) is 0 Å². The Balaban J connectivity index is 3.05. The van der Waals surface area contributed by atoms with Crippen LogP contribution in [0.1, 0.15) is 26.3 Å². The molecule has 1 atom stereocenters. The highest BCUT2D eigenvalue weighted by Crippen LogP contribution is 2.37. The lowest BCUT2D eigenvalue weighted by molar-refractivity contribution is -0.134. The molecular weight excluding hydrogens is 340 g/mol. The van der Waals surface area contributed by atoms with E-state index in [4.69, 9.17) is 9.16 Å². The zero-order valence-electron chi connectivity index (χ0n) is 15.6. The number of carbonyl (C=O) groups is 1. The van der Waals surface area contributed by atoms with Crippen molar-refractivity contribution in [2.75, 3.05) is 13.7 Å². The van der Waals surface area contributed by atoms with Gasteiger partial charge in [-0.2, -0.15) is 0 Å². The lowest BCUT2D eigenvalue weighted by atomic mass is 10.2. The maximum Gasteiger partial charge on any atom is 0.331 e. The van der Waals surface area contributed by atoms with Gasteiger partial charge in [0.25, 0.3) is 0 Å². The Morgan fingerprint density at radius 1 is 1.21 bits per heavy atom. The molecule has 0 bridgehead atoms. The van der Waals surface area contributed by atoms with Crippen LogP contribution in [0.25, 0.3) is 0 Å². The van der Waals surface area contributed by atoms with E-state index in [0.29, 0.717) is 9.80 Å². The number of rotatable bonds is 6. The number of hydrogen-bond acceptors (Lipinski definition) is 4. The van der Waals surface area contributed by atoms with Crippen molar-refractivity contribution in [3.8, 4) is 0 Å². The summed E-state index contributed by atoms with van der Waals surface area (Å²) in [7, 11) is -2.16. The molecule has 0 heterocycles. The molecule has 0 radical (unpaired) electrons. The van der Waals surface area contributed by atoms with Crippen LogP contribution in [0, 0.1) is 6.92 Å². The second-order valence-corrected chi connectivity index (χ2v) is 13.6. The quantitative estimate of drug-likeness (QED) is 0.429. The van der Waals surface area contributed by atoms with Crippen molar-refractivity contribution in [3.63, 3.8) is 0 Å². The average Bonchev–Trinajstić information content (AvgIpc) is 2.50. The molecule has 0 aliphatic carbocycles. The summed E-state index contributed by atoms with van der Waals surface area (Å²) in [6, 6.07) is 7.42. The molecule has 0 saturated heterocycles. The van der Waals surface area contributed by atoms with Gasteiger partial charge in [-0.3, -0.25) is 0 Å². The SMILES string of the molecule is COC(=O)/C=C(/CO[Si](C)(C)C(C)(C)C)S(=O)c1ccc(C)cc1. The number of benzene rings is 1. The molecule has 24 heavy (non-hydrogen) atoms. The van der Waals surface area contributed by atoms with Crippen LogP contribution in [-0.4, -0.2) is 32.2 Å². The Bertz CT molecular complexity index is 627. The zero-order chi connectivity index (χ0) is 18.5. The summed E-state index contributed by atoms with van der Waals surface area (Å²) in [6.07, 6.45) is 1.28. The Morgan fingerprint density at radius 2 is 1.75 bits per heavy atom. The molecular formula is C18H28O4SSi. The highest BCUT2D eigenvalue weighted by atomic mass is 32.2. The maximum absolute atomic E-state index is 12.8. The third kappa shape index (κ3) is 5.68. The second-order valence-electron chi connectivity index (χ2n) is 7.26. The zero-order valence-corrected chi connectivity index (χ0v) is 17.5. The highest BCUT2D eigenvalue weighted by molar-refractivity contribution is 7.89. The Hall–Kier alpha value is -1.24. The summed E-state index contributed by atoms with van der Waals surface area (Å²) in [5.74, 6) is -0.524. The van der Waals surface area contributed by atoms with Gasteiger partial charge in [-0.1, -0.05) is 38.5 Å². The lowest BCUT2D eigenvalue weighted by Gasteiger charge is -2.36. The molecule has 6 heteroatoms. The fourth-order valence-electron chi connectivity index (χ4n) is 1.62. The van der Waals surface area contributed by atoms with E-state index >= 15 is 0 Å².